The summed E-state index contributed by atoms with van der Waals surface area (Å²) in [6, 6.07) is 8.02. The predicted molar refractivity (Wildman–Crippen MR) is 95.2 cm³/mol. The van der Waals surface area contributed by atoms with E-state index in [9.17, 15) is 5.11 Å². The maximum atomic E-state index is 9.71. The third-order valence-electron chi connectivity index (χ3n) is 4.01. The van der Waals surface area contributed by atoms with Crippen molar-refractivity contribution in [3.05, 3.63) is 42.2 Å². The highest BCUT2D eigenvalue weighted by atomic mass is 16.5. The lowest BCUT2D eigenvalue weighted by Gasteiger charge is -2.27. The summed E-state index contributed by atoms with van der Waals surface area (Å²) in [6.45, 7) is 9.13. The fraction of sp³-hybridized carbons (Fsp3) is 0.421. The standard InChI is InChI=1S/C19H25N3O2/c1-14(2)24-19-8-15(13-22-5-3-20-4-6-22)7-16(10-19)17-9-18(23)12-21-11-17/h7-12,14,20,23H,3-6,13H2,1-2H3. The van der Waals surface area contributed by atoms with Crippen molar-refractivity contribution in [1.29, 1.82) is 0 Å². The number of rotatable bonds is 5. The fourth-order valence-corrected chi connectivity index (χ4v) is 2.97. The average Bonchev–Trinajstić information content (AvgIpc) is 2.55. The van der Waals surface area contributed by atoms with Crippen molar-refractivity contribution in [2.24, 2.45) is 0 Å². The van der Waals surface area contributed by atoms with Crippen LogP contribution < -0.4 is 10.1 Å². The Bertz CT molecular complexity index is 682. The van der Waals surface area contributed by atoms with E-state index >= 15 is 0 Å². The molecule has 1 aromatic heterocycles. The van der Waals surface area contributed by atoms with Crippen molar-refractivity contribution in [2.45, 2.75) is 26.5 Å². The molecule has 2 heterocycles. The number of benzene rings is 1. The maximum absolute atomic E-state index is 9.71. The van der Waals surface area contributed by atoms with Crippen LogP contribution in [0.3, 0.4) is 0 Å². The molecule has 0 bridgehead atoms. The largest absolute Gasteiger partial charge is 0.506 e. The van der Waals surface area contributed by atoms with E-state index in [2.05, 4.69) is 27.3 Å². The molecule has 0 saturated carbocycles. The summed E-state index contributed by atoms with van der Waals surface area (Å²) in [5.41, 5.74) is 3.13. The van der Waals surface area contributed by atoms with Gasteiger partial charge in [0.15, 0.2) is 0 Å². The molecule has 1 aliphatic rings. The summed E-state index contributed by atoms with van der Waals surface area (Å²) >= 11 is 0. The van der Waals surface area contributed by atoms with Gasteiger partial charge in [-0.1, -0.05) is 0 Å². The molecule has 2 N–H and O–H groups in total. The van der Waals surface area contributed by atoms with Crippen LogP contribution >= 0.6 is 0 Å². The lowest BCUT2D eigenvalue weighted by atomic mass is 10.0. The van der Waals surface area contributed by atoms with Gasteiger partial charge in [-0.15, -0.1) is 0 Å². The molecular weight excluding hydrogens is 302 g/mol. The average molecular weight is 327 g/mol. The smallest absolute Gasteiger partial charge is 0.134 e. The lowest BCUT2D eigenvalue weighted by molar-refractivity contribution is 0.229. The molecule has 3 rings (SSSR count). The number of pyridine rings is 1. The number of hydrogen-bond donors (Lipinski definition) is 2. The number of piperazine rings is 1. The molecule has 1 aliphatic heterocycles. The van der Waals surface area contributed by atoms with E-state index in [0.29, 0.717) is 0 Å². The van der Waals surface area contributed by atoms with Gasteiger partial charge in [0.05, 0.1) is 12.3 Å². The number of aromatic nitrogens is 1. The Balaban J connectivity index is 1.90. The zero-order valence-corrected chi connectivity index (χ0v) is 14.3. The zero-order valence-electron chi connectivity index (χ0n) is 14.3. The molecule has 0 radical (unpaired) electrons. The number of ether oxygens (including phenoxy) is 1. The number of hydrogen-bond acceptors (Lipinski definition) is 5. The summed E-state index contributed by atoms with van der Waals surface area (Å²) in [6.07, 6.45) is 3.33. The number of nitrogens with one attached hydrogen (secondary N) is 1. The first-order chi connectivity index (χ1) is 11.6. The molecule has 24 heavy (non-hydrogen) atoms. The second-order valence-electron chi connectivity index (χ2n) is 6.49. The van der Waals surface area contributed by atoms with Gasteiger partial charge < -0.3 is 15.2 Å². The first-order valence-electron chi connectivity index (χ1n) is 8.48. The minimum Gasteiger partial charge on any atom is -0.506 e. The van der Waals surface area contributed by atoms with E-state index in [1.165, 1.54) is 11.8 Å². The summed E-state index contributed by atoms with van der Waals surface area (Å²) in [7, 11) is 0. The normalized spacial score (nSPS) is 15.6. The minimum absolute atomic E-state index is 0.120. The quantitative estimate of drug-likeness (QED) is 0.884. The monoisotopic (exact) mass is 327 g/mol. The van der Waals surface area contributed by atoms with Crippen LogP contribution in [-0.4, -0.2) is 47.3 Å². The minimum atomic E-state index is 0.120. The molecule has 0 unspecified atom stereocenters. The van der Waals surface area contributed by atoms with Crippen LogP contribution in [0, 0.1) is 0 Å². The van der Waals surface area contributed by atoms with Gasteiger partial charge in [-0.05, 0) is 49.2 Å². The van der Waals surface area contributed by atoms with Crippen molar-refractivity contribution >= 4 is 0 Å². The van der Waals surface area contributed by atoms with E-state index < -0.39 is 0 Å². The molecule has 1 fully saturated rings. The van der Waals surface area contributed by atoms with E-state index in [1.54, 1.807) is 12.3 Å². The SMILES string of the molecule is CC(C)Oc1cc(CN2CCNCC2)cc(-c2cncc(O)c2)c1. The number of aromatic hydroxyl groups is 1. The summed E-state index contributed by atoms with van der Waals surface area (Å²) in [5, 5.41) is 13.1. The summed E-state index contributed by atoms with van der Waals surface area (Å²) in [5.74, 6) is 1.03. The van der Waals surface area contributed by atoms with Gasteiger partial charge in [-0.3, -0.25) is 9.88 Å². The van der Waals surface area contributed by atoms with E-state index in [0.717, 1.165) is 49.6 Å². The summed E-state index contributed by atoms with van der Waals surface area (Å²) < 4.78 is 5.92. The van der Waals surface area contributed by atoms with Crippen molar-refractivity contribution in [2.75, 3.05) is 26.2 Å². The molecule has 5 heteroatoms. The Hall–Kier alpha value is -2.11. The van der Waals surface area contributed by atoms with Gasteiger partial charge in [-0.25, -0.2) is 0 Å². The Morgan fingerprint density at radius 1 is 1.12 bits per heavy atom. The van der Waals surface area contributed by atoms with Crippen LogP contribution in [0.1, 0.15) is 19.4 Å². The highest BCUT2D eigenvalue weighted by molar-refractivity contribution is 5.66. The first kappa shape index (κ1) is 16.7. The van der Waals surface area contributed by atoms with E-state index in [4.69, 9.17) is 4.74 Å². The van der Waals surface area contributed by atoms with Gasteiger partial charge in [0.25, 0.3) is 0 Å². The Labute approximate surface area is 143 Å². The predicted octanol–water partition coefficient (Wildman–Crippen LogP) is 2.65. The molecule has 0 amide bonds. The highest BCUT2D eigenvalue weighted by Gasteiger charge is 2.12. The molecule has 128 valence electrons. The van der Waals surface area contributed by atoms with Crippen LogP contribution in [0.15, 0.2) is 36.7 Å². The van der Waals surface area contributed by atoms with E-state index in [1.807, 2.05) is 19.9 Å². The third-order valence-corrected chi connectivity index (χ3v) is 4.01. The van der Waals surface area contributed by atoms with Crippen molar-refractivity contribution < 1.29 is 9.84 Å². The maximum Gasteiger partial charge on any atom is 0.134 e. The van der Waals surface area contributed by atoms with Crippen LogP contribution in [0.2, 0.25) is 0 Å². The second-order valence-corrected chi connectivity index (χ2v) is 6.49. The molecule has 0 aliphatic carbocycles. The molecule has 2 aromatic rings. The van der Waals surface area contributed by atoms with Gasteiger partial charge in [0.1, 0.15) is 11.5 Å². The van der Waals surface area contributed by atoms with Gasteiger partial charge in [0.2, 0.25) is 0 Å². The first-order valence-corrected chi connectivity index (χ1v) is 8.48. The second kappa shape index (κ2) is 7.64. The number of nitrogens with zero attached hydrogens (tertiary/aromatic N) is 2. The zero-order chi connectivity index (χ0) is 16.9. The summed E-state index contributed by atoms with van der Waals surface area (Å²) in [4.78, 5) is 6.53. The molecule has 5 nitrogen and oxygen atoms in total. The van der Waals surface area contributed by atoms with Gasteiger partial charge in [0, 0.05) is 44.5 Å². The van der Waals surface area contributed by atoms with Crippen molar-refractivity contribution in [1.82, 2.24) is 15.2 Å². The van der Waals surface area contributed by atoms with Crippen LogP contribution in [-0.2, 0) is 6.54 Å². The third kappa shape index (κ3) is 4.46. The van der Waals surface area contributed by atoms with Gasteiger partial charge >= 0.3 is 0 Å². The lowest BCUT2D eigenvalue weighted by Crippen LogP contribution is -2.42. The topological polar surface area (TPSA) is 57.6 Å². The molecule has 0 spiro atoms. The van der Waals surface area contributed by atoms with Crippen molar-refractivity contribution in [3.8, 4) is 22.6 Å². The molecule has 1 saturated heterocycles. The molecular formula is C19H25N3O2. The fourth-order valence-electron chi connectivity index (χ4n) is 2.97. The van der Waals surface area contributed by atoms with Crippen molar-refractivity contribution in [3.63, 3.8) is 0 Å². The van der Waals surface area contributed by atoms with Crippen LogP contribution in [0.25, 0.3) is 11.1 Å². The Morgan fingerprint density at radius 2 is 1.92 bits per heavy atom. The molecule has 0 atom stereocenters. The Morgan fingerprint density at radius 3 is 2.62 bits per heavy atom. The highest BCUT2D eigenvalue weighted by Crippen LogP contribution is 2.28. The van der Waals surface area contributed by atoms with Crippen LogP contribution in [0.4, 0.5) is 0 Å². The van der Waals surface area contributed by atoms with Gasteiger partial charge in [-0.2, -0.15) is 0 Å². The molecule has 1 aromatic carbocycles. The van der Waals surface area contributed by atoms with Crippen LogP contribution in [0.5, 0.6) is 11.5 Å². The Kier molecular flexibility index (Phi) is 5.33. The van der Waals surface area contributed by atoms with E-state index in [-0.39, 0.29) is 11.9 Å².